The lowest BCUT2D eigenvalue weighted by molar-refractivity contribution is 0.317. The number of fused-ring (bicyclic) bond motifs is 1. The molecule has 0 radical (unpaired) electrons. The summed E-state index contributed by atoms with van der Waals surface area (Å²) in [7, 11) is 0. The highest BCUT2D eigenvalue weighted by atomic mass is 16.5. The number of hydrogen-bond donors (Lipinski definition) is 2. The van der Waals surface area contributed by atoms with E-state index in [0.717, 1.165) is 5.69 Å². The number of ether oxygens (including phenoxy) is 1. The Hall–Kier alpha value is -3.48. The molecule has 3 aromatic rings. The minimum atomic E-state index is -0.467. The Morgan fingerprint density at radius 1 is 1.20 bits per heavy atom. The van der Waals surface area contributed by atoms with Gasteiger partial charge >= 0.3 is 0 Å². The molecule has 2 N–H and O–H groups in total. The Balaban J connectivity index is 2.16. The van der Waals surface area contributed by atoms with Crippen LogP contribution >= 0.6 is 0 Å². The molecular formula is C20H26N8O2. The standard InChI is InChI=1S/C20H26N8O2/c1-9-30-18-14(17(29)22-12-10-11(19(2,3)4)27-28(12)18)23-25-16-13(21-8)15(24-26-16)20(5,6)7/h10H,9H2,1-7H3,(H,22,29)(H,24,26). The molecule has 0 aliphatic heterocycles. The highest BCUT2D eigenvalue weighted by molar-refractivity contribution is 5.67. The number of H-pyrrole nitrogens is 2. The van der Waals surface area contributed by atoms with Crippen molar-refractivity contribution in [3.05, 3.63) is 39.2 Å². The molecule has 0 aromatic carbocycles. The van der Waals surface area contributed by atoms with Crippen molar-refractivity contribution in [2.75, 3.05) is 6.61 Å². The van der Waals surface area contributed by atoms with Crippen molar-refractivity contribution in [2.24, 2.45) is 10.2 Å². The van der Waals surface area contributed by atoms with Gasteiger partial charge in [0.1, 0.15) is 5.65 Å². The summed E-state index contributed by atoms with van der Waals surface area (Å²) in [4.78, 5) is 19.0. The first-order valence-electron chi connectivity index (χ1n) is 9.64. The zero-order chi connectivity index (χ0) is 22.3. The van der Waals surface area contributed by atoms with Crippen LogP contribution in [-0.2, 0) is 10.8 Å². The topological polar surface area (TPSA) is 117 Å². The van der Waals surface area contributed by atoms with Crippen molar-refractivity contribution in [3.8, 4) is 5.88 Å². The maximum Gasteiger partial charge on any atom is 0.282 e. The van der Waals surface area contributed by atoms with Gasteiger partial charge in [0, 0.05) is 17.2 Å². The Morgan fingerprint density at radius 3 is 2.47 bits per heavy atom. The van der Waals surface area contributed by atoms with E-state index in [9.17, 15) is 4.79 Å². The number of nitrogens with zero attached hydrogens (tertiary/aromatic N) is 6. The average Bonchev–Trinajstić information content (AvgIpc) is 3.24. The van der Waals surface area contributed by atoms with Gasteiger partial charge in [-0.25, -0.2) is 4.85 Å². The Bertz CT molecular complexity index is 1210. The smallest absolute Gasteiger partial charge is 0.282 e. The van der Waals surface area contributed by atoms with Crippen LogP contribution in [0.5, 0.6) is 5.88 Å². The second kappa shape index (κ2) is 7.40. The van der Waals surface area contributed by atoms with Crippen molar-refractivity contribution in [2.45, 2.75) is 59.3 Å². The van der Waals surface area contributed by atoms with Crippen LogP contribution in [0.1, 0.15) is 59.9 Å². The quantitative estimate of drug-likeness (QED) is 0.478. The van der Waals surface area contributed by atoms with Gasteiger partial charge in [0.25, 0.3) is 17.1 Å². The van der Waals surface area contributed by atoms with Crippen molar-refractivity contribution in [1.29, 1.82) is 0 Å². The number of aromatic nitrogens is 5. The largest absolute Gasteiger partial charge is 0.476 e. The van der Waals surface area contributed by atoms with Gasteiger partial charge in [-0.2, -0.15) is 14.7 Å². The van der Waals surface area contributed by atoms with Crippen molar-refractivity contribution in [1.82, 2.24) is 24.8 Å². The highest BCUT2D eigenvalue weighted by Gasteiger charge is 2.25. The second-order valence-corrected chi connectivity index (χ2v) is 8.95. The molecule has 3 heterocycles. The van der Waals surface area contributed by atoms with E-state index in [1.165, 1.54) is 4.52 Å². The van der Waals surface area contributed by atoms with Gasteiger partial charge in [-0.15, -0.1) is 10.2 Å². The minimum Gasteiger partial charge on any atom is -0.476 e. The Morgan fingerprint density at radius 2 is 1.90 bits per heavy atom. The van der Waals surface area contributed by atoms with Gasteiger partial charge in [-0.1, -0.05) is 41.5 Å². The van der Waals surface area contributed by atoms with E-state index < -0.39 is 5.56 Å². The molecule has 10 heteroatoms. The molecule has 0 unspecified atom stereocenters. The van der Waals surface area contributed by atoms with Crippen LogP contribution < -0.4 is 10.3 Å². The van der Waals surface area contributed by atoms with Crippen molar-refractivity contribution < 1.29 is 4.74 Å². The van der Waals surface area contributed by atoms with E-state index in [0.29, 0.717) is 17.9 Å². The summed E-state index contributed by atoms with van der Waals surface area (Å²) in [6, 6.07) is 1.81. The molecule has 30 heavy (non-hydrogen) atoms. The fraction of sp³-hybridized carbons (Fsp3) is 0.500. The van der Waals surface area contributed by atoms with Crippen LogP contribution in [0.4, 0.5) is 17.2 Å². The van der Waals surface area contributed by atoms with Crippen LogP contribution in [0.2, 0.25) is 0 Å². The summed E-state index contributed by atoms with van der Waals surface area (Å²) < 4.78 is 7.21. The normalized spacial score (nSPS) is 12.6. The number of rotatable bonds is 4. The summed E-state index contributed by atoms with van der Waals surface area (Å²) >= 11 is 0. The van der Waals surface area contributed by atoms with E-state index in [4.69, 9.17) is 11.3 Å². The monoisotopic (exact) mass is 410 g/mol. The van der Waals surface area contributed by atoms with Gasteiger partial charge in [0.05, 0.1) is 18.9 Å². The lowest BCUT2D eigenvalue weighted by Crippen LogP contribution is -2.14. The van der Waals surface area contributed by atoms with E-state index in [-0.39, 0.29) is 33.9 Å². The first-order valence-corrected chi connectivity index (χ1v) is 9.64. The molecule has 0 saturated heterocycles. The lowest BCUT2D eigenvalue weighted by Gasteiger charge is -2.16. The SMILES string of the molecule is [C-]#[N+]c1c(N=Nc2c(OCC)n3nc(C(C)(C)C)cc3[nH]c2=O)n[nH]c1C(C)(C)C. The predicted molar refractivity (Wildman–Crippen MR) is 113 cm³/mol. The number of aromatic amines is 2. The number of nitrogens with one attached hydrogen (secondary N) is 2. The maximum atomic E-state index is 12.7. The molecule has 0 amide bonds. The van der Waals surface area contributed by atoms with Gasteiger partial charge in [0.15, 0.2) is 0 Å². The lowest BCUT2D eigenvalue weighted by atomic mass is 9.91. The van der Waals surface area contributed by atoms with Gasteiger partial charge in [-0.05, 0) is 12.3 Å². The Kier molecular flexibility index (Phi) is 5.24. The average molecular weight is 410 g/mol. The van der Waals surface area contributed by atoms with Gasteiger partial charge in [-0.3, -0.25) is 9.89 Å². The molecule has 158 valence electrons. The number of azo groups is 1. The Labute approximate surface area is 174 Å². The second-order valence-electron chi connectivity index (χ2n) is 8.95. The molecule has 3 rings (SSSR count). The third-order valence-corrected chi connectivity index (χ3v) is 4.44. The van der Waals surface area contributed by atoms with E-state index in [1.54, 1.807) is 0 Å². The molecule has 0 aliphatic rings. The number of hydrogen-bond acceptors (Lipinski definition) is 6. The molecule has 0 bridgehead atoms. The van der Waals surface area contributed by atoms with Crippen LogP contribution in [-0.4, -0.2) is 31.4 Å². The molecule has 0 fully saturated rings. The summed E-state index contributed by atoms with van der Waals surface area (Å²) in [5.41, 5.74) is 1.20. The predicted octanol–water partition coefficient (Wildman–Crippen LogP) is 4.71. The van der Waals surface area contributed by atoms with Crippen molar-refractivity contribution >= 4 is 22.8 Å². The fourth-order valence-electron chi connectivity index (χ4n) is 2.84. The van der Waals surface area contributed by atoms with Gasteiger partial charge < -0.3 is 9.72 Å². The van der Waals surface area contributed by atoms with Crippen LogP contribution in [0.3, 0.4) is 0 Å². The van der Waals surface area contributed by atoms with Crippen molar-refractivity contribution in [3.63, 3.8) is 0 Å². The molecule has 0 saturated carbocycles. The summed E-state index contributed by atoms with van der Waals surface area (Å²) in [6.45, 7) is 21.6. The maximum absolute atomic E-state index is 12.7. The van der Waals surface area contributed by atoms with Crippen LogP contribution in [0, 0.1) is 6.57 Å². The molecule has 0 spiro atoms. The molecule has 10 nitrogen and oxygen atoms in total. The van der Waals surface area contributed by atoms with Crippen LogP contribution in [0.15, 0.2) is 21.1 Å². The van der Waals surface area contributed by atoms with E-state index in [2.05, 4.69) is 35.4 Å². The third kappa shape index (κ3) is 3.83. The third-order valence-electron chi connectivity index (χ3n) is 4.44. The zero-order valence-corrected chi connectivity index (χ0v) is 18.3. The van der Waals surface area contributed by atoms with E-state index in [1.807, 2.05) is 54.5 Å². The zero-order valence-electron chi connectivity index (χ0n) is 18.3. The summed E-state index contributed by atoms with van der Waals surface area (Å²) in [5, 5.41) is 19.7. The molecule has 3 aromatic heterocycles. The summed E-state index contributed by atoms with van der Waals surface area (Å²) in [5.74, 6) is 0.305. The van der Waals surface area contributed by atoms with E-state index >= 15 is 0 Å². The van der Waals surface area contributed by atoms with Gasteiger partial charge in [0.2, 0.25) is 11.5 Å². The summed E-state index contributed by atoms with van der Waals surface area (Å²) in [6.07, 6.45) is 0. The first-order chi connectivity index (χ1) is 14.0. The molecule has 0 atom stereocenters. The molecular weight excluding hydrogens is 384 g/mol. The first kappa shape index (κ1) is 21.2. The molecule has 0 aliphatic carbocycles. The fourth-order valence-corrected chi connectivity index (χ4v) is 2.84. The minimum absolute atomic E-state index is 0.0378. The highest BCUT2D eigenvalue weighted by Crippen LogP contribution is 2.37. The van der Waals surface area contributed by atoms with Crippen LogP contribution in [0.25, 0.3) is 10.5 Å².